The average molecular weight is 361 g/mol. The number of allylic oxidation sites excluding steroid dienone is 3. The first kappa shape index (κ1) is 21.1. The van der Waals surface area contributed by atoms with Gasteiger partial charge in [0.25, 0.3) is 11.8 Å². The van der Waals surface area contributed by atoms with Crippen LogP contribution in [0, 0.1) is 0 Å². The molecule has 0 bridgehead atoms. The van der Waals surface area contributed by atoms with Crippen LogP contribution in [0.25, 0.3) is 0 Å². The van der Waals surface area contributed by atoms with Gasteiger partial charge in [-0.3, -0.25) is 14.4 Å². The SMILES string of the molecule is CNC(=O)CNC(=O)c1cnc(C(=O)NC/C=C(\C)CCC=C(C)C)[nH]1. The van der Waals surface area contributed by atoms with Gasteiger partial charge in [-0.2, -0.15) is 0 Å². The van der Waals surface area contributed by atoms with Crippen LogP contribution in [-0.2, 0) is 4.79 Å². The summed E-state index contributed by atoms with van der Waals surface area (Å²) in [6.07, 6.45) is 7.31. The summed E-state index contributed by atoms with van der Waals surface area (Å²) in [5, 5.41) is 7.53. The average Bonchev–Trinajstić information content (AvgIpc) is 3.09. The molecule has 0 aromatic carbocycles. The van der Waals surface area contributed by atoms with Crippen molar-refractivity contribution in [3.05, 3.63) is 41.0 Å². The Morgan fingerprint density at radius 1 is 1.12 bits per heavy atom. The molecular weight excluding hydrogens is 334 g/mol. The maximum absolute atomic E-state index is 12.0. The van der Waals surface area contributed by atoms with E-state index in [9.17, 15) is 14.4 Å². The highest BCUT2D eigenvalue weighted by atomic mass is 16.2. The summed E-state index contributed by atoms with van der Waals surface area (Å²) in [5.74, 6) is -1.17. The van der Waals surface area contributed by atoms with Crippen LogP contribution in [0.4, 0.5) is 0 Å². The number of carbonyl (C=O) groups is 3. The van der Waals surface area contributed by atoms with E-state index in [1.54, 1.807) is 0 Å². The Kier molecular flexibility index (Phi) is 8.83. The third kappa shape index (κ3) is 7.78. The van der Waals surface area contributed by atoms with E-state index in [2.05, 4.69) is 45.8 Å². The topological polar surface area (TPSA) is 116 Å². The molecule has 0 aliphatic rings. The zero-order valence-corrected chi connectivity index (χ0v) is 15.7. The predicted molar refractivity (Wildman–Crippen MR) is 99.7 cm³/mol. The monoisotopic (exact) mass is 361 g/mol. The van der Waals surface area contributed by atoms with Crippen molar-refractivity contribution < 1.29 is 14.4 Å². The van der Waals surface area contributed by atoms with E-state index in [1.807, 2.05) is 13.0 Å². The summed E-state index contributed by atoms with van der Waals surface area (Å²) in [6, 6.07) is 0. The van der Waals surface area contributed by atoms with Crippen molar-refractivity contribution >= 4 is 17.7 Å². The third-order valence-electron chi connectivity index (χ3n) is 3.53. The number of nitrogens with one attached hydrogen (secondary N) is 4. The fraction of sp³-hybridized carbons (Fsp3) is 0.444. The van der Waals surface area contributed by atoms with E-state index in [4.69, 9.17) is 0 Å². The van der Waals surface area contributed by atoms with Crippen LogP contribution in [0.2, 0.25) is 0 Å². The van der Waals surface area contributed by atoms with E-state index in [1.165, 1.54) is 24.4 Å². The molecular formula is C18H27N5O3. The summed E-state index contributed by atoms with van der Waals surface area (Å²) < 4.78 is 0. The molecule has 0 saturated carbocycles. The van der Waals surface area contributed by atoms with Crippen molar-refractivity contribution in [1.29, 1.82) is 0 Å². The number of likely N-dealkylation sites (N-methyl/N-ethyl adjacent to an activating group) is 1. The highest BCUT2D eigenvalue weighted by Gasteiger charge is 2.14. The molecule has 142 valence electrons. The predicted octanol–water partition coefficient (Wildman–Crippen LogP) is 1.31. The standard InChI is InChI=1S/C18H27N5O3/c1-12(2)6-5-7-13(3)8-9-20-18(26)16-21-10-14(23-16)17(25)22-11-15(24)19-4/h6,8,10H,5,7,9,11H2,1-4H3,(H,19,24)(H,20,26)(H,21,23)(H,22,25)/b13-8+. The molecule has 1 aromatic rings. The number of aromatic amines is 1. The van der Waals surface area contributed by atoms with E-state index >= 15 is 0 Å². The molecule has 3 amide bonds. The van der Waals surface area contributed by atoms with Gasteiger partial charge in [0.2, 0.25) is 5.91 Å². The number of imidazole rings is 1. The highest BCUT2D eigenvalue weighted by Crippen LogP contribution is 2.06. The lowest BCUT2D eigenvalue weighted by molar-refractivity contribution is -0.119. The Morgan fingerprint density at radius 2 is 1.85 bits per heavy atom. The van der Waals surface area contributed by atoms with Crippen LogP contribution >= 0.6 is 0 Å². The van der Waals surface area contributed by atoms with Gasteiger partial charge >= 0.3 is 0 Å². The third-order valence-corrected chi connectivity index (χ3v) is 3.53. The molecule has 1 heterocycles. The summed E-state index contributed by atoms with van der Waals surface area (Å²) in [5.41, 5.74) is 2.60. The second-order valence-corrected chi connectivity index (χ2v) is 6.08. The Hall–Kier alpha value is -2.90. The van der Waals surface area contributed by atoms with Crippen molar-refractivity contribution in [2.45, 2.75) is 33.6 Å². The smallest absolute Gasteiger partial charge is 0.287 e. The summed E-state index contributed by atoms with van der Waals surface area (Å²) in [4.78, 5) is 41.5. The second-order valence-electron chi connectivity index (χ2n) is 6.08. The van der Waals surface area contributed by atoms with Crippen molar-refractivity contribution in [3.8, 4) is 0 Å². The largest absolute Gasteiger partial charge is 0.358 e. The van der Waals surface area contributed by atoms with Crippen LogP contribution in [0.1, 0.15) is 54.7 Å². The van der Waals surface area contributed by atoms with Crippen molar-refractivity contribution in [2.24, 2.45) is 0 Å². The summed E-state index contributed by atoms with van der Waals surface area (Å²) in [7, 11) is 1.48. The van der Waals surface area contributed by atoms with E-state index < -0.39 is 11.8 Å². The Labute approximate surface area is 153 Å². The van der Waals surface area contributed by atoms with Gasteiger partial charge in [-0.25, -0.2) is 4.98 Å². The fourth-order valence-electron chi connectivity index (χ4n) is 1.99. The molecule has 0 spiro atoms. The molecule has 0 fully saturated rings. The first-order chi connectivity index (χ1) is 12.3. The van der Waals surface area contributed by atoms with Gasteiger partial charge in [0.15, 0.2) is 5.82 Å². The first-order valence-electron chi connectivity index (χ1n) is 8.44. The minimum Gasteiger partial charge on any atom is -0.358 e. The zero-order valence-electron chi connectivity index (χ0n) is 15.7. The number of carbonyl (C=O) groups excluding carboxylic acids is 3. The summed E-state index contributed by atoms with van der Waals surface area (Å²) in [6.45, 7) is 6.39. The quantitative estimate of drug-likeness (QED) is 0.496. The Morgan fingerprint density at radius 3 is 2.50 bits per heavy atom. The molecule has 1 rings (SSSR count). The van der Waals surface area contributed by atoms with Gasteiger partial charge < -0.3 is 20.9 Å². The van der Waals surface area contributed by atoms with Gasteiger partial charge in [0.1, 0.15) is 5.69 Å². The molecule has 26 heavy (non-hydrogen) atoms. The van der Waals surface area contributed by atoms with Crippen LogP contribution in [-0.4, -0.2) is 47.8 Å². The number of amides is 3. The van der Waals surface area contributed by atoms with Crippen molar-refractivity contribution in [1.82, 2.24) is 25.9 Å². The van der Waals surface area contributed by atoms with Crippen LogP contribution in [0.3, 0.4) is 0 Å². The van der Waals surface area contributed by atoms with Gasteiger partial charge in [-0.05, 0) is 33.6 Å². The number of aromatic nitrogens is 2. The number of H-pyrrole nitrogens is 1. The van der Waals surface area contributed by atoms with Crippen LogP contribution < -0.4 is 16.0 Å². The number of hydrogen-bond donors (Lipinski definition) is 4. The molecule has 4 N–H and O–H groups in total. The first-order valence-corrected chi connectivity index (χ1v) is 8.44. The zero-order chi connectivity index (χ0) is 19.5. The van der Waals surface area contributed by atoms with Gasteiger partial charge in [-0.1, -0.05) is 23.3 Å². The molecule has 0 radical (unpaired) electrons. The molecule has 0 atom stereocenters. The number of rotatable bonds is 9. The Balaban J connectivity index is 2.46. The Bertz CT molecular complexity index is 699. The van der Waals surface area contributed by atoms with Crippen molar-refractivity contribution in [3.63, 3.8) is 0 Å². The molecule has 0 unspecified atom stereocenters. The van der Waals surface area contributed by atoms with Gasteiger partial charge in [0, 0.05) is 13.6 Å². The number of hydrogen-bond acceptors (Lipinski definition) is 4. The maximum Gasteiger partial charge on any atom is 0.287 e. The lowest BCUT2D eigenvalue weighted by Crippen LogP contribution is -2.35. The molecule has 0 aliphatic heterocycles. The molecule has 8 nitrogen and oxygen atoms in total. The molecule has 0 aliphatic carbocycles. The summed E-state index contributed by atoms with van der Waals surface area (Å²) >= 11 is 0. The van der Waals surface area contributed by atoms with Gasteiger partial charge in [-0.15, -0.1) is 0 Å². The molecule has 1 aromatic heterocycles. The second kappa shape index (κ2) is 10.9. The lowest BCUT2D eigenvalue weighted by atomic mass is 10.1. The molecule has 0 saturated heterocycles. The van der Waals surface area contributed by atoms with Crippen LogP contribution in [0.15, 0.2) is 29.5 Å². The lowest BCUT2D eigenvalue weighted by Gasteiger charge is -2.03. The van der Waals surface area contributed by atoms with Crippen LogP contribution in [0.5, 0.6) is 0 Å². The van der Waals surface area contributed by atoms with E-state index in [0.717, 1.165) is 12.8 Å². The van der Waals surface area contributed by atoms with E-state index in [0.29, 0.717) is 6.54 Å². The minimum atomic E-state index is -0.504. The fourth-order valence-corrected chi connectivity index (χ4v) is 1.99. The van der Waals surface area contributed by atoms with Gasteiger partial charge in [0.05, 0.1) is 12.7 Å². The number of nitrogens with zero attached hydrogens (tertiary/aromatic N) is 1. The normalized spacial score (nSPS) is 10.8. The highest BCUT2D eigenvalue weighted by molar-refractivity contribution is 5.97. The molecule has 8 heteroatoms. The minimum absolute atomic E-state index is 0.0469. The van der Waals surface area contributed by atoms with E-state index in [-0.39, 0.29) is 24.0 Å². The maximum atomic E-state index is 12.0. The van der Waals surface area contributed by atoms with Crippen molar-refractivity contribution in [2.75, 3.05) is 20.1 Å².